The molecule has 1 aliphatic heterocycles. The van der Waals surface area contributed by atoms with Gasteiger partial charge in [0.2, 0.25) is 5.91 Å². The van der Waals surface area contributed by atoms with Crippen molar-refractivity contribution in [3.63, 3.8) is 0 Å². The first-order valence-corrected chi connectivity index (χ1v) is 6.48. The van der Waals surface area contributed by atoms with E-state index in [4.69, 9.17) is 5.11 Å². The van der Waals surface area contributed by atoms with Gasteiger partial charge in [-0.3, -0.25) is 4.79 Å². The van der Waals surface area contributed by atoms with Crippen molar-refractivity contribution in [2.45, 2.75) is 40.2 Å². The summed E-state index contributed by atoms with van der Waals surface area (Å²) in [5, 5.41) is 15.4. The second kappa shape index (κ2) is 5.83. The first-order chi connectivity index (χ1) is 7.86. The van der Waals surface area contributed by atoms with Crippen LogP contribution in [0, 0.1) is 17.3 Å². The normalized spacial score (nSPS) is 26.9. The second-order valence-corrected chi connectivity index (χ2v) is 6.18. The van der Waals surface area contributed by atoms with Crippen molar-refractivity contribution in [2.75, 3.05) is 19.7 Å². The van der Waals surface area contributed by atoms with Gasteiger partial charge in [-0.15, -0.1) is 0 Å². The molecule has 4 nitrogen and oxygen atoms in total. The molecule has 3 unspecified atom stereocenters. The van der Waals surface area contributed by atoms with Crippen LogP contribution in [0.4, 0.5) is 0 Å². The lowest BCUT2D eigenvalue weighted by Crippen LogP contribution is -2.47. The molecule has 1 aliphatic rings. The third-order valence-electron chi connectivity index (χ3n) is 3.63. The Morgan fingerprint density at radius 2 is 2.12 bits per heavy atom. The lowest BCUT2D eigenvalue weighted by atomic mass is 9.84. The molecule has 1 fully saturated rings. The SMILES string of the molecule is CC1CNCC1C(=O)NC(CCO)C(C)(C)C. The zero-order valence-corrected chi connectivity index (χ0v) is 11.4. The molecule has 1 rings (SSSR count). The van der Waals surface area contributed by atoms with Crippen molar-refractivity contribution < 1.29 is 9.90 Å². The molecule has 1 amide bonds. The average Bonchev–Trinajstić information content (AvgIpc) is 2.62. The van der Waals surface area contributed by atoms with Crippen molar-refractivity contribution in [3.05, 3.63) is 0 Å². The molecule has 4 heteroatoms. The summed E-state index contributed by atoms with van der Waals surface area (Å²) in [6.45, 7) is 10.2. The Labute approximate surface area is 104 Å². The number of amides is 1. The average molecular weight is 242 g/mol. The van der Waals surface area contributed by atoms with Gasteiger partial charge >= 0.3 is 0 Å². The molecule has 100 valence electrons. The van der Waals surface area contributed by atoms with Crippen molar-refractivity contribution in [1.29, 1.82) is 0 Å². The lowest BCUT2D eigenvalue weighted by Gasteiger charge is -2.32. The summed E-state index contributed by atoms with van der Waals surface area (Å²) in [4.78, 5) is 12.2. The largest absolute Gasteiger partial charge is 0.396 e. The molecule has 0 aliphatic carbocycles. The van der Waals surface area contributed by atoms with Gasteiger partial charge in [-0.05, 0) is 24.3 Å². The smallest absolute Gasteiger partial charge is 0.224 e. The van der Waals surface area contributed by atoms with Crippen molar-refractivity contribution >= 4 is 5.91 Å². The number of hydrogen-bond acceptors (Lipinski definition) is 3. The van der Waals surface area contributed by atoms with E-state index >= 15 is 0 Å². The van der Waals surface area contributed by atoms with E-state index in [0.29, 0.717) is 12.3 Å². The summed E-state index contributed by atoms with van der Waals surface area (Å²) >= 11 is 0. The summed E-state index contributed by atoms with van der Waals surface area (Å²) in [5.41, 5.74) is -0.0202. The number of aliphatic hydroxyl groups excluding tert-OH is 1. The Balaban J connectivity index is 2.57. The molecule has 0 spiro atoms. The number of rotatable bonds is 4. The highest BCUT2D eigenvalue weighted by Crippen LogP contribution is 2.23. The molecule has 0 radical (unpaired) electrons. The molecule has 1 heterocycles. The van der Waals surface area contributed by atoms with E-state index in [2.05, 4.69) is 38.3 Å². The maximum Gasteiger partial charge on any atom is 0.224 e. The number of carbonyl (C=O) groups is 1. The third-order valence-corrected chi connectivity index (χ3v) is 3.63. The lowest BCUT2D eigenvalue weighted by molar-refractivity contribution is -0.127. The van der Waals surface area contributed by atoms with E-state index in [1.165, 1.54) is 0 Å². The molecule has 0 aromatic rings. The maximum absolute atomic E-state index is 12.2. The van der Waals surface area contributed by atoms with Crippen molar-refractivity contribution in [1.82, 2.24) is 10.6 Å². The van der Waals surface area contributed by atoms with Gasteiger partial charge < -0.3 is 15.7 Å². The van der Waals surface area contributed by atoms with Gasteiger partial charge in [0, 0.05) is 19.2 Å². The fraction of sp³-hybridized carbons (Fsp3) is 0.923. The number of aliphatic hydroxyl groups is 1. The highest BCUT2D eigenvalue weighted by Gasteiger charge is 2.33. The van der Waals surface area contributed by atoms with Gasteiger partial charge in [0.1, 0.15) is 0 Å². The molecule has 0 aromatic heterocycles. The Kier molecular flexibility index (Phi) is 4.95. The fourth-order valence-corrected chi connectivity index (χ4v) is 2.29. The van der Waals surface area contributed by atoms with Gasteiger partial charge in [-0.25, -0.2) is 0 Å². The molecular weight excluding hydrogens is 216 g/mol. The second-order valence-electron chi connectivity index (χ2n) is 6.18. The summed E-state index contributed by atoms with van der Waals surface area (Å²) < 4.78 is 0. The molecule has 0 aromatic carbocycles. The molecule has 17 heavy (non-hydrogen) atoms. The first kappa shape index (κ1) is 14.5. The van der Waals surface area contributed by atoms with Crippen LogP contribution in [0.15, 0.2) is 0 Å². The molecule has 0 saturated carbocycles. The summed E-state index contributed by atoms with van der Waals surface area (Å²) in [5.74, 6) is 0.583. The first-order valence-electron chi connectivity index (χ1n) is 6.48. The Morgan fingerprint density at radius 3 is 2.53 bits per heavy atom. The summed E-state index contributed by atoms with van der Waals surface area (Å²) in [7, 11) is 0. The molecular formula is C13H26N2O2. The van der Waals surface area contributed by atoms with Crippen LogP contribution in [0.25, 0.3) is 0 Å². The number of carbonyl (C=O) groups excluding carboxylic acids is 1. The van der Waals surface area contributed by atoms with E-state index < -0.39 is 0 Å². The molecule has 3 atom stereocenters. The van der Waals surface area contributed by atoms with Crippen LogP contribution >= 0.6 is 0 Å². The molecule has 1 saturated heterocycles. The summed E-state index contributed by atoms with van der Waals surface area (Å²) in [6, 6.07) is 0.0350. The predicted octanol–water partition coefficient (Wildman–Crippen LogP) is 0.755. The maximum atomic E-state index is 12.2. The van der Waals surface area contributed by atoms with Gasteiger partial charge in [0.15, 0.2) is 0 Å². The van der Waals surface area contributed by atoms with E-state index in [0.717, 1.165) is 13.1 Å². The van der Waals surface area contributed by atoms with Gasteiger partial charge in [0.05, 0.1) is 5.92 Å². The standard InChI is InChI=1S/C13H26N2O2/c1-9-7-14-8-10(9)12(17)15-11(5-6-16)13(2,3)4/h9-11,14,16H,5-8H2,1-4H3,(H,15,17). The van der Waals surface area contributed by atoms with Gasteiger partial charge in [0.25, 0.3) is 0 Å². The predicted molar refractivity (Wildman–Crippen MR) is 68.6 cm³/mol. The minimum atomic E-state index is -0.0202. The monoisotopic (exact) mass is 242 g/mol. The summed E-state index contributed by atoms with van der Waals surface area (Å²) in [6.07, 6.45) is 0.615. The highest BCUT2D eigenvalue weighted by atomic mass is 16.3. The van der Waals surface area contributed by atoms with Crippen LogP contribution in [-0.4, -0.2) is 36.8 Å². The topological polar surface area (TPSA) is 61.4 Å². The third kappa shape index (κ3) is 3.96. The van der Waals surface area contributed by atoms with E-state index in [-0.39, 0.29) is 29.9 Å². The van der Waals surface area contributed by atoms with Crippen LogP contribution in [-0.2, 0) is 4.79 Å². The Bertz CT molecular complexity index is 261. The fourth-order valence-electron chi connectivity index (χ4n) is 2.29. The van der Waals surface area contributed by atoms with Crippen LogP contribution in [0.1, 0.15) is 34.1 Å². The molecule has 0 bridgehead atoms. The zero-order chi connectivity index (χ0) is 13.1. The number of hydrogen-bond donors (Lipinski definition) is 3. The molecule has 3 N–H and O–H groups in total. The Morgan fingerprint density at radius 1 is 1.47 bits per heavy atom. The van der Waals surface area contributed by atoms with Gasteiger partial charge in [-0.1, -0.05) is 27.7 Å². The van der Waals surface area contributed by atoms with Crippen molar-refractivity contribution in [3.8, 4) is 0 Å². The van der Waals surface area contributed by atoms with Gasteiger partial charge in [-0.2, -0.15) is 0 Å². The van der Waals surface area contributed by atoms with E-state index in [1.807, 2.05) is 0 Å². The van der Waals surface area contributed by atoms with Crippen LogP contribution in [0.3, 0.4) is 0 Å². The Hall–Kier alpha value is -0.610. The van der Waals surface area contributed by atoms with Crippen LogP contribution < -0.4 is 10.6 Å². The quantitative estimate of drug-likeness (QED) is 0.682. The number of nitrogens with one attached hydrogen (secondary N) is 2. The van der Waals surface area contributed by atoms with Crippen LogP contribution in [0.5, 0.6) is 0 Å². The van der Waals surface area contributed by atoms with Crippen molar-refractivity contribution in [2.24, 2.45) is 17.3 Å². The minimum Gasteiger partial charge on any atom is -0.396 e. The van der Waals surface area contributed by atoms with Crippen LogP contribution in [0.2, 0.25) is 0 Å². The zero-order valence-electron chi connectivity index (χ0n) is 11.4. The highest BCUT2D eigenvalue weighted by molar-refractivity contribution is 5.80. The van der Waals surface area contributed by atoms with E-state index in [1.54, 1.807) is 0 Å². The minimum absolute atomic E-state index is 0.0202. The van der Waals surface area contributed by atoms with E-state index in [9.17, 15) is 4.79 Å².